The number of hydrogen-bond donors (Lipinski definition) is 1. The van der Waals surface area contributed by atoms with E-state index < -0.39 is 11.4 Å². The van der Waals surface area contributed by atoms with Crippen LogP contribution in [0, 0.1) is 5.82 Å². The smallest absolute Gasteiger partial charge is 0.410 e. The zero-order valence-electron chi connectivity index (χ0n) is 21.3. The van der Waals surface area contributed by atoms with E-state index >= 15 is 0 Å². The Balaban J connectivity index is 1.32. The molecule has 7 nitrogen and oxygen atoms in total. The maximum Gasteiger partial charge on any atom is 0.410 e. The van der Waals surface area contributed by atoms with Crippen molar-refractivity contribution < 1.29 is 13.9 Å². The number of amides is 1. The second kappa shape index (κ2) is 10.4. The quantitative estimate of drug-likeness (QED) is 0.263. The summed E-state index contributed by atoms with van der Waals surface area (Å²) in [6, 6.07) is 4.97. The SMILES string of the molecule is CC(C)(C)OC(=O)N1CCC(n2cc(-c3cnc4[nH]cc(/C=C/c5c(Cl)ccc(F)c5Cl)c4c3)cn2)CC1. The van der Waals surface area contributed by atoms with Gasteiger partial charge in [0.2, 0.25) is 0 Å². The van der Waals surface area contributed by atoms with Crippen LogP contribution in [0.15, 0.2) is 43.0 Å². The summed E-state index contributed by atoms with van der Waals surface area (Å²) in [4.78, 5) is 21.9. The van der Waals surface area contributed by atoms with Crippen LogP contribution in [0.5, 0.6) is 0 Å². The van der Waals surface area contributed by atoms with Crippen molar-refractivity contribution in [2.24, 2.45) is 0 Å². The topological polar surface area (TPSA) is 76.0 Å². The molecule has 4 aromatic rings. The molecule has 4 heterocycles. The van der Waals surface area contributed by atoms with Crippen molar-refractivity contribution in [1.29, 1.82) is 0 Å². The first-order chi connectivity index (χ1) is 18.1. The van der Waals surface area contributed by atoms with Gasteiger partial charge in [-0.15, -0.1) is 0 Å². The van der Waals surface area contributed by atoms with Gasteiger partial charge in [0.1, 0.15) is 17.1 Å². The van der Waals surface area contributed by atoms with Crippen LogP contribution in [0.2, 0.25) is 10.0 Å². The van der Waals surface area contributed by atoms with Crippen LogP contribution in [-0.4, -0.2) is 49.4 Å². The molecule has 1 amide bonds. The Labute approximate surface area is 230 Å². The maximum absolute atomic E-state index is 13.9. The highest BCUT2D eigenvalue weighted by Gasteiger charge is 2.28. The van der Waals surface area contributed by atoms with Crippen LogP contribution in [0.4, 0.5) is 9.18 Å². The van der Waals surface area contributed by atoms with Gasteiger partial charge in [-0.2, -0.15) is 5.10 Å². The summed E-state index contributed by atoms with van der Waals surface area (Å²) in [5.41, 5.74) is 3.38. The van der Waals surface area contributed by atoms with E-state index in [1.807, 2.05) is 56.2 Å². The van der Waals surface area contributed by atoms with E-state index in [-0.39, 0.29) is 17.2 Å². The molecule has 0 bridgehead atoms. The first kappa shape index (κ1) is 26.3. The predicted octanol–water partition coefficient (Wildman–Crippen LogP) is 7.61. The summed E-state index contributed by atoms with van der Waals surface area (Å²) < 4.78 is 21.4. The fraction of sp³-hybridized carbons (Fsp3) is 0.321. The lowest BCUT2D eigenvalue weighted by Crippen LogP contribution is -2.42. The van der Waals surface area contributed by atoms with E-state index in [4.69, 9.17) is 27.9 Å². The summed E-state index contributed by atoms with van der Waals surface area (Å²) in [6.07, 6.45) is 12.4. The Kier molecular flexibility index (Phi) is 7.20. The van der Waals surface area contributed by atoms with Crippen LogP contribution in [0.1, 0.15) is 50.8 Å². The van der Waals surface area contributed by atoms with Gasteiger partial charge in [0.05, 0.1) is 17.3 Å². The Morgan fingerprint density at radius 3 is 2.66 bits per heavy atom. The van der Waals surface area contributed by atoms with Crippen LogP contribution in [0.3, 0.4) is 0 Å². The van der Waals surface area contributed by atoms with Crippen molar-refractivity contribution >= 4 is 52.5 Å². The molecule has 38 heavy (non-hydrogen) atoms. The lowest BCUT2D eigenvalue weighted by Gasteiger charge is -2.33. The van der Waals surface area contributed by atoms with E-state index in [1.165, 1.54) is 12.1 Å². The number of nitrogens with one attached hydrogen (secondary N) is 1. The minimum Gasteiger partial charge on any atom is -0.444 e. The van der Waals surface area contributed by atoms with E-state index in [2.05, 4.69) is 15.1 Å². The minimum absolute atomic E-state index is 0.0169. The molecule has 1 aromatic carbocycles. The Hall–Kier alpha value is -3.36. The molecular weight excluding hydrogens is 528 g/mol. The van der Waals surface area contributed by atoms with E-state index in [1.54, 1.807) is 17.2 Å². The number of nitrogens with zero attached hydrogens (tertiary/aromatic N) is 4. The van der Waals surface area contributed by atoms with Crippen molar-refractivity contribution in [3.8, 4) is 11.1 Å². The number of aromatic amines is 1. The number of aromatic nitrogens is 4. The number of carbonyl (C=O) groups is 1. The number of halogens is 3. The number of rotatable bonds is 4. The molecule has 1 fully saturated rings. The van der Waals surface area contributed by atoms with E-state index in [0.717, 1.165) is 40.6 Å². The first-order valence-electron chi connectivity index (χ1n) is 12.4. The highest BCUT2D eigenvalue weighted by atomic mass is 35.5. The number of likely N-dealkylation sites (tertiary alicyclic amines) is 1. The highest BCUT2D eigenvalue weighted by Crippen LogP contribution is 2.31. The molecule has 5 rings (SSSR count). The third kappa shape index (κ3) is 5.56. The van der Waals surface area contributed by atoms with E-state index in [0.29, 0.717) is 23.7 Å². The molecule has 1 aliphatic heterocycles. The van der Waals surface area contributed by atoms with Gasteiger partial charge in [-0.25, -0.2) is 14.2 Å². The zero-order valence-corrected chi connectivity index (χ0v) is 22.9. The standard InChI is InChI=1S/C28H28Cl2FN5O2/c1-28(2,3)38-27(37)35-10-8-20(9-11-35)36-16-19(15-34-36)18-12-22-17(13-32-26(22)33-14-18)4-5-21-23(29)6-7-24(31)25(21)30/h4-7,12-16,20H,8-11H2,1-3H3,(H,32,33)/b5-4+. The maximum atomic E-state index is 13.9. The van der Waals surface area contributed by atoms with Gasteiger partial charge in [-0.05, 0) is 51.8 Å². The van der Waals surface area contributed by atoms with Gasteiger partial charge >= 0.3 is 6.09 Å². The summed E-state index contributed by atoms with van der Waals surface area (Å²) in [7, 11) is 0. The van der Waals surface area contributed by atoms with Crippen molar-refractivity contribution in [3.05, 3.63) is 70.0 Å². The highest BCUT2D eigenvalue weighted by molar-refractivity contribution is 6.37. The number of piperidine rings is 1. The lowest BCUT2D eigenvalue weighted by atomic mass is 10.1. The van der Waals surface area contributed by atoms with Gasteiger partial charge in [0.15, 0.2) is 0 Å². The second-order valence-electron chi connectivity index (χ2n) is 10.4. The third-order valence-corrected chi connectivity index (χ3v) is 7.21. The van der Waals surface area contributed by atoms with Crippen molar-refractivity contribution in [1.82, 2.24) is 24.6 Å². The number of benzene rings is 1. The zero-order chi connectivity index (χ0) is 27.0. The summed E-state index contributed by atoms with van der Waals surface area (Å²) in [5, 5.41) is 5.86. The van der Waals surface area contributed by atoms with Crippen LogP contribution in [-0.2, 0) is 4.74 Å². The number of ether oxygens (including phenoxy) is 1. The molecule has 0 spiro atoms. The van der Waals surface area contributed by atoms with Gasteiger partial charge < -0.3 is 14.6 Å². The molecule has 1 N–H and O–H groups in total. The Morgan fingerprint density at radius 1 is 1.16 bits per heavy atom. The molecule has 0 saturated carbocycles. The Bertz CT molecular complexity index is 1510. The van der Waals surface area contributed by atoms with Crippen LogP contribution in [0.25, 0.3) is 34.3 Å². The molecule has 0 atom stereocenters. The number of fused-ring (bicyclic) bond motifs is 1. The molecule has 198 valence electrons. The summed E-state index contributed by atoms with van der Waals surface area (Å²) in [5.74, 6) is -0.522. The molecule has 3 aromatic heterocycles. The minimum atomic E-state index is -0.522. The largest absolute Gasteiger partial charge is 0.444 e. The fourth-order valence-corrected chi connectivity index (χ4v) is 5.01. The van der Waals surface area contributed by atoms with Crippen LogP contribution >= 0.6 is 23.2 Å². The molecule has 0 aliphatic carbocycles. The number of H-pyrrole nitrogens is 1. The first-order valence-corrected chi connectivity index (χ1v) is 13.2. The van der Waals surface area contributed by atoms with E-state index in [9.17, 15) is 9.18 Å². The number of carbonyl (C=O) groups excluding carboxylic acids is 1. The monoisotopic (exact) mass is 555 g/mol. The van der Waals surface area contributed by atoms with Gasteiger partial charge in [-0.1, -0.05) is 35.4 Å². The molecular formula is C28H28Cl2FN5O2. The van der Waals surface area contributed by atoms with Gasteiger partial charge in [-0.3, -0.25) is 4.68 Å². The average Bonchev–Trinajstić information content (AvgIpc) is 3.53. The molecule has 10 heteroatoms. The molecule has 1 saturated heterocycles. The molecule has 0 radical (unpaired) electrons. The summed E-state index contributed by atoms with van der Waals surface area (Å²) in [6.45, 7) is 6.87. The molecule has 0 unspecified atom stereocenters. The number of hydrogen-bond acceptors (Lipinski definition) is 4. The Morgan fingerprint density at radius 2 is 1.92 bits per heavy atom. The normalized spacial score (nSPS) is 15.1. The second-order valence-corrected chi connectivity index (χ2v) is 11.1. The van der Waals surface area contributed by atoms with Gasteiger partial charge in [0, 0.05) is 64.3 Å². The number of pyridine rings is 1. The summed E-state index contributed by atoms with van der Waals surface area (Å²) >= 11 is 12.3. The predicted molar refractivity (Wildman–Crippen MR) is 149 cm³/mol. The molecule has 1 aliphatic rings. The van der Waals surface area contributed by atoms with Crippen LogP contribution < -0.4 is 0 Å². The van der Waals surface area contributed by atoms with Crippen molar-refractivity contribution in [2.45, 2.75) is 45.3 Å². The average molecular weight is 556 g/mol. The van der Waals surface area contributed by atoms with Gasteiger partial charge in [0.25, 0.3) is 0 Å². The lowest BCUT2D eigenvalue weighted by molar-refractivity contribution is 0.0185. The van der Waals surface area contributed by atoms with Crippen molar-refractivity contribution in [3.63, 3.8) is 0 Å². The fourth-order valence-electron chi connectivity index (χ4n) is 4.51. The third-order valence-electron chi connectivity index (χ3n) is 6.50. The van der Waals surface area contributed by atoms with Crippen molar-refractivity contribution in [2.75, 3.05) is 13.1 Å².